The molecule has 1 aliphatic heterocycles. The Labute approximate surface area is 88.2 Å². The van der Waals surface area contributed by atoms with Crippen molar-refractivity contribution in [2.24, 2.45) is 5.73 Å². The number of nitrogens with two attached hydrogens (primary N) is 1. The summed E-state index contributed by atoms with van der Waals surface area (Å²) in [5, 5.41) is 2.40. The van der Waals surface area contributed by atoms with Crippen molar-refractivity contribution in [1.29, 1.82) is 0 Å². The van der Waals surface area contributed by atoms with Gasteiger partial charge in [-0.2, -0.15) is 0 Å². The van der Waals surface area contributed by atoms with Crippen LogP contribution in [0.2, 0.25) is 0 Å². The highest BCUT2D eigenvalue weighted by Gasteiger charge is 2.27. The standard InChI is InChI=1S/C10H17NS.ClH/c1-12(2)6-5-8-3-4-9(11)7-10(8)12;/h5-6,9H,3-4,7,11H2,1-2H3;1H. The van der Waals surface area contributed by atoms with Crippen LogP contribution in [0.4, 0.5) is 0 Å². The molecule has 0 amide bonds. The average Bonchev–Trinajstić information content (AvgIpc) is 2.28. The second-order valence-corrected chi connectivity index (χ2v) is 7.74. The summed E-state index contributed by atoms with van der Waals surface area (Å²) in [5.41, 5.74) is 7.56. The van der Waals surface area contributed by atoms with Gasteiger partial charge in [0.2, 0.25) is 0 Å². The number of halogens is 1. The van der Waals surface area contributed by atoms with Gasteiger partial charge in [-0.3, -0.25) is 0 Å². The lowest BCUT2D eigenvalue weighted by atomic mass is 9.96. The van der Waals surface area contributed by atoms with Crippen LogP contribution in [-0.2, 0) is 0 Å². The molecule has 1 atom stereocenters. The molecule has 0 aromatic carbocycles. The van der Waals surface area contributed by atoms with Gasteiger partial charge in [-0.1, -0.05) is 6.08 Å². The maximum atomic E-state index is 5.96. The highest BCUT2D eigenvalue weighted by molar-refractivity contribution is 8.38. The van der Waals surface area contributed by atoms with E-state index >= 15 is 0 Å². The zero-order chi connectivity index (χ0) is 8.77. The van der Waals surface area contributed by atoms with Crippen molar-refractivity contribution >= 4 is 22.4 Å². The average molecular weight is 220 g/mol. The minimum Gasteiger partial charge on any atom is -0.327 e. The molecule has 0 saturated heterocycles. The summed E-state index contributed by atoms with van der Waals surface area (Å²) in [7, 11) is -0.561. The van der Waals surface area contributed by atoms with Crippen molar-refractivity contribution in [3.8, 4) is 0 Å². The van der Waals surface area contributed by atoms with Crippen LogP contribution >= 0.6 is 22.4 Å². The van der Waals surface area contributed by atoms with Crippen LogP contribution in [0.25, 0.3) is 0 Å². The van der Waals surface area contributed by atoms with Crippen LogP contribution in [0.1, 0.15) is 19.3 Å². The lowest BCUT2D eigenvalue weighted by Gasteiger charge is -2.32. The Hall–Kier alpha value is 0.0800. The number of allylic oxidation sites excluding steroid dienone is 2. The van der Waals surface area contributed by atoms with Crippen molar-refractivity contribution in [3.63, 3.8) is 0 Å². The first kappa shape index (κ1) is 11.2. The van der Waals surface area contributed by atoms with Crippen molar-refractivity contribution in [3.05, 3.63) is 22.0 Å². The highest BCUT2D eigenvalue weighted by Crippen LogP contribution is 2.59. The molecule has 0 bridgehead atoms. The summed E-state index contributed by atoms with van der Waals surface area (Å²) in [6.07, 6.45) is 10.6. The number of hydrogen-bond donors (Lipinski definition) is 1. The first-order valence-corrected chi connectivity index (χ1v) is 7.00. The summed E-state index contributed by atoms with van der Waals surface area (Å²) < 4.78 is 0. The fourth-order valence-electron chi connectivity index (χ4n) is 2.01. The van der Waals surface area contributed by atoms with Crippen molar-refractivity contribution in [2.75, 3.05) is 12.5 Å². The van der Waals surface area contributed by atoms with E-state index in [9.17, 15) is 0 Å². The third kappa shape index (κ3) is 1.95. The molecule has 1 aliphatic carbocycles. The van der Waals surface area contributed by atoms with E-state index in [1.54, 1.807) is 10.5 Å². The maximum Gasteiger partial charge on any atom is 0.00871 e. The first-order valence-electron chi connectivity index (χ1n) is 4.49. The van der Waals surface area contributed by atoms with E-state index in [1.807, 2.05) is 0 Å². The van der Waals surface area contributed by atoms with E-state index in [1.165, 1.54) is 12.8 Å². The quantitative estimate of drug-likeness (QED) is 0.666. The maximum absolute atomic E-state index is 5.96. The van der Waals surface area contributed by atoms with Gasteiger partial charge in [-0.15, -0.1) is 12.4 Å². The molecule has 0 aromatic rings. The molecule has 76 valence electrons. The van der Waals surface area contributed by atoms with Crippen molar-refractivity contribution < 1.29 is 0 Å². The molecule has 2 rings (SSSR count). The van der Waals surface area contributed by atoms with Crippen LogP contribution in [0.15, 0.2) is 22.0 Å². The highest BCUT2D eigenvalue weighted by atomic mass is 35.5. The molecule has 13 heavy (non-hydrogen) atoms. The van der Waals surface area contributed by atoms with E-state index in [-0.39, 0.29) is 12.4 Å². The van der Waals surface area contributed by atoms with E-state index in [0.29, 0.717) is 6.04 Å². The molecular weight excluding hydrogens is 202 g/mol. The van der Waals surface area contributed by atoms with Gasteiger partial charge in [-0.05, 0) is 47.7 Å². The minimum atomic E-state index is -0.561. The van der Waals surface area contributed by atoms with Crippen LogP contribution in [0.3, 0.4) is 0 Å². The molecule has 1 unspecified atom stereocenters. The Morgan fingerprint density at radius 1 is 1.46 bits per heavy atom. The van der Waals surface area contributed by atoms with E-state index in [4.69, 9.17) is 5.73 Å². The van der Waals surface area contributed by atoms with Gasteiger partial charge in [0.05, 0.1) is 0 Å². The summed E-state index contributed by atoms with van der Waals surface area (Å²) >= 11 is 0. The van der Waals surface area contributed by atoms with Crippen LogP contribution < -0.4 is 5.73 Å². The first-order chi connectivity index (χ1) is 5.59. The summed E-state index contributed by atoms with van der Waals surface area (Å²) in [5.74, 6) is 0. The van der Waals surface area contributed by atoms with Gasteiger partial charge < -0.3 is 5.73 Å². The molecule has 1 heterocycles. The lowest BCUT2D eigenvalue weighted by Crippen LogP contribution is -2.24. The van der Waals surface area contributed by atoms with E-state index in [2.05, 4.69) is 24.0 Å². The Bertz CT molecular complexity index is 268. The smallest absolute Gasteiger partial charge is 0.00871 e. The van der Waals surface area contributed by atoms with Gasteiger partial charge in [-0.25, -0.2) is 10.0 Å². The Kier molecular flexibility index (Phi) is 3.16. The topological polar surface area (TPSA) is 26.0 Å². The summed E-state index contributed by atoms with van der Waals surface area (Å²) in [6, 6.07) is 0.426. The third-order valence-corrected chi connectivity index (χ3v) is 5.35. The molecule has 0 radical (unpaired) electrons. The van der Waals surface area contributed by atoms with Gasteiger partial charge in [0.25, 0.3) is 0 Å². The molecule has 0 spiro atoms. The van der Waals surface area contributed by atoms with Crippen LogP contribution in [0, 0.1) is 0 Å². The van der Waals surface area contributed by atoms with Gasteiger partial charge >= 0.3 is 0 Å². The Morgan fingerprint density at radius 2 is 2.15 bits per heavy atom. The largest absolute Gasteiger partial charge is 0.327 e. The fourth-order valence-corrected chi connectivity index (χ4v) is 4.17. The zero-order valence-electron chi connectivity index (χ0n) is 8.25. The minimum absolute atomic E-state index is 0. The molecular formula is C10H18ClNS. The molecule has 1 nitrogen and oxygen atoms in total. The monoisotopic (exact) mass is 219 g/mol. The molecule has 2 N–H and O–H groups in total. The van der Waals surface area contributed by atoms with Crippen LogP contribution in [-0.4, -0.2) is 18.6 Å². The third-order valence-electron chi connectivity index (χ3n) is 2.83. The predicted octanol–water partition coefficient (Wildman–Crippen LogP) is 2.77. The van der Waals surface area contributed by atoms with Gasteiger partial charge in [0.1, 0.15) is 0 Å². The molecule has 0 fully saturated rings. The van der Waals surface area contributed by atoms with Gasteiger partial charge in [0, 0.05) is 6.04 Å². The van der Waals surface area contributed by atoms with Crippen molar-refractivity contribution in [1.82, 2.24) is 0 Å². The number of hydrogen-bond acceptors (Lipinski definition) is 1. The normalized spacial score (nSPS) is 32.4. The molecule has 0 saturated carbocycles. The molecule has 0 aromatic heterocycles. The second kappa shape index (κ2) is 3.68. The molecule has 3 heteroatoms. The molecule has 2 aliphatic rings. The van der Waals surface area contributed by atoms with E-state index < -0.39 is 10.0 Å². The predicted molar refractivity (Wildman–Crippen MR) is 64.7 cm³/mol. The Balaban J connectivity index is 0.000000845. The number of rotatable bonds is 0. The lowest BCUT2D eigenvalue weighted by molar-refractivity contribution is 0.591. The zero-order valence-corrected chi connectivity index (χ0v) is 9.88. The Morgan fingerprint density at radius 3 is 2.85 bits per heavy atom. The van der Waals surface area contributed by atoms with Crippen molar-refractivity contribution in [2.45, 2.75) is 25.3 Å². The SMILES string of the molecule is CS1(C)C=CC2=C1CC(N)CC2.Cl. The summed E-state index contributed by atoms with van der Waals surface area (Å²) in [4.78, 5) is 1.67. The van der Waals surface area contributed by atoms with Crippen LogP contribution in [0.5, 0.6) is 0 Å². The summed E-state index contributed by atoms with van der Waals surface area (Å²) in [6.45, 7) is 0. The van der Waals surface area contributed by atoms with E-state index in [0.717, 1.165) is 6.42 Å². The second-order valence-electron chi connectivity index (χ2n) is 4.16. The van der Waals surface area contributed by atoms with Gasteiger partial charge in [0.15, 0.2) is 0 Å². The fraction of sp³-hybridized carbons (Fsp3) is 0.600.